The van der Waals surface area contributed by atoms with Gasteiger partial charge in [-0.15, -0.1) is 11.3 Å². The standard InChI is InChI=1S/C14H21N3O3S/c1-3-7-15-13(19)17-14-16-10-6-5-9(8-11(10)21-14)12(18)20-4-2/h9H,3-8H2,1-2H3,(H2,15,16,17,19). The third-order valence-corrected chi connectivity index (χ3v) is 4.35. The van der Waals surface area contributed by atoms with Crippen molar-refractivity contribution in [3.05, 3.63) is 10.6 Å². The topological polar surface area (TPSA) is 80.3 Å². The summed E-state index contributed by atoms with van der Waals surface area (Å²) < 4.78 is 5.08. The van der Waals surface area contributed by atoms with E-state index in [1.165, 1.54) is 11.3 Å². The van der Waals surface area contributed by atoms with Gasteiger partial charge in [0.1, 0.15) is 0 Å². The van der Waals surface area contributed by atoms with Crippen LogP contribution in [0.3, 0.4) is 0 Å². The first-order valence-corrected chi connectivity index (χ1v) is 8.15. The summed E-state index contributed by atoms with van der Waals surface area (Å²) in [6.45, 7) is 4.87. The summed E-state index contributed by atoms with van der Waals surface area (Å²) in [5, 5.41) is 6.09. The van der Waals surface area contributed by atoms with E-state index in [9.17, 15) is 9.59 Å². The third-order valence-electron chi connectivity index (χ3n) is 3.32. The summed E-state index contributed by atoms with van der Waals surface area (Å²) in [6, 6.07) is -0.232. The van der Waals surface area contributed by atoms with Crippen LogP contribution in [0.25, 0.3) is 0 Å². The van der Waals surface area contributed by atoms with Crippen LogP contribution in [0.1, 0.15) is 37.3 Å². The highest BCUT2D eigenvalue weighted by atomic mass is 32.1. The first-order chi connectivity index (χ1) is 10.1. The van der Waals surface area contributed by atoms with Crippen molar-refractivity contribution in [1.29, 1.82) is 0 Å². The molecule has 0 saturated carbocycles. The number of thiazole rings is 1. The van der Waals surface area contributed by atoms with Crippen LogP contribution in [-0.4, -0.2) is 30.1 Å². The number of fused-ring (bicyclic) bond motifs is 1. The first kappa shape index (κ1) is 15.8. The predicted molar refractivity (Wildman–Crippen MR) is 81.6 cm³/mol. The molecule has 7 heteroatoms. The molecule has 2 rings (SSSR count). The number of aryl methyl sites for hydroxylation is 1. The fourth-order valence-electron chi connectivity index (χ4n) is 2.27. The fraction of sp³-hybridized carbons (Fsp3) is 0.643. The maximum absolute atomic E-state index is 11.8. The van der Waals surface area contributed by atoms with Gasteiger partial charge in [0.25, 0.3) is 0 Å². The Balaban J connectivity index is 1.96. The van der Waals surface area contributed by atoms with Crippen molar-refractivity contribution in [2.45, 2.75) is 39.5 Å². The largest absolute Gasteiger partial charge is 0.466 e. The van der Waals surface area contributed by atoms with E-state index in [0.29, 0.717) is 24.7 Å². The molecule has 1 aliphatic rings. The van der Waals surface area contributed by atoms with E-state index in [1.807, 2.05) is 13.8 Å². The van der Waals surface area contributed by atoms with E-state index in [1.54, 1.807) is 0 Å². The van der Waals surface area contributed by atoms with Gasteiger partial charge >= 0.3 is 12.0 Å². The summed E-state index contributed by atoms with van der Waals surface area (Å²) in [6.07, 6.45) is 3.07. The minimum absolute atomic E-state index is 0.0836. The molecule has 21 heavy (non-hydrogen) atoms. The van der Waals surface area contributed by atoms with Crippen molar-refractivity contribution in [1.82, 2.24) is 10.3 Å². The first-order valence-electron chi connectivity index (χ1n) is 7.34. The fourth-order valence-corrected chi connectivity index (χ4v) is 3.35. The van der Waals surface area contributed by atoms with Crippen LogP contribution in [0.4, 0.5) is 9.93 Å². The number of esters is 1. The van der Waals surface area contributed by atoms with Gasteiger partial charge < -0.3 is 10.1 Å². The second-order valence-corrected chi connectivity index (χ2v) is 6.05. The second-order valence-electron chi connectivity index (χ2n) is 4.96. The van der Waals surface area contributed by atoms with Crippen molar-refractivity contribution in [2.24, 2.45) is 5.92 Å². The lowest BCUT2D eigenvalue weighted by Gasteiger charge is -2.18. The summed E-state index contributed by atoms with van der Waals surface area (Å²) in [5.74, 6) is -0.216. The average Bonchev–Trinajstić information content (AvgIpc) is 2.86. The quantitative estimate of drug-likeness (QED) is 0.818. The van der Waals surface area contributed by atoms with Crippen molar-refractivity contribution in [3.63, 3.8) is 0 Å². The molecule has 0 radical (unpaired) electrons. The maximum atomic E-state index is 11.8. The molecule has 2 amide bonds. The van der Waals surface area contributed by atoms with Crippen LogP contribution in [0.15, 0.2) is 0 Å². The van der Waals surface area contributed by atoms with E-state index in [0.717, 1.165) is 29.8 Å². The number of hydrogen-bond acceptors (Lipinski definition) is 5. The molecule has 1 aliphatic carbocycles. The molecule has 1 unspecified atom stereocenters. The normalized spacial score (nSPS) is 17.0. The van der Waals surface area contributed by atoms with Gasteiger partial charge in [-0.1, -0.05) is 6.92 Å². The van der Waals surface area contributed by atoms with E-state index in [2.05, 4.69) is 15.6 Å². The Labute approximate surface area is 128 Å². The van der Waals surface area contributed by atoms with Gasteiger partial charge in [0.05, 0.1) is 18.2 Å². The van der Waals surface area contributed by atoms with E-state index in [-0.39, 0.29) is 17.9 Å². The lowest BCUT2D eigenvalue weighted by atomic mass is 9.91. The van der Waals surface area contributed by atoms with E-state index >= 15 is 0 Å². The second kappa shape index (κ2) is 7.40. The molecule has 1 atom stereocenters. The Bertz CT molecular complexity index is 516. The van der Waals surface area contributed by atoms with E-state index in [4.69, 9.17) is 4.74 Å². The van der Waals surface area contributed by atoms with E-state index < -0.39 is 0 Å². The lowest BCUT2D eigenvalue weighted by molar-refractivity contribution is -0.148. The van der Waals surface area contributed by atoms with Crippen molar-refractivity contribution < 1.29 is 14.3 Å². The highest BCUT2D eigenvalue weighted by molar-refractivity contribution is 7.15. The number of carbonyl (C=O) groups is 2. The predicted octanol–water partition coefficient (Wildman–Crippen LogP) is 2.34. The zero-order chi connectivity index (χ0) is 15.2. The summed E-state index contributed by atoms with van der Waals surface area (Å²) in [5.41, 5.74) is 0.992. The molecule has 0 spiro atoms. The molecule has 0 saturated heterocycles. The summed E-state index contributed by atoms with van der Waals surface area (Å²) in [7, 11) is 0. The number of carbonyl (C=O) groups excluding carboxylic acids is 2. The number of urea groups is 1. The zero-order valence-corrected chi connectivity index (χ0v) is 13.2. The Hall–Kier alpha value is -1.63. The number of nitrogens with zero attached hydrogens (tertiary/aromatic N) is 1. The highest BCUT2D eigenvalue weighted by Crippen LogP contribution is 2.32. The number of rotatable bonds is 5. The molecule has 116 valence electrons. The molecule has 0 fully saturated rings. The van der Waals surface area contributed by atoms with Crippen molar-refractivity contribution in [3.8, 4) is 0 Å². The number of hydrogen-bond donors (Lipinski definition) is 2. The molecule has 1 aromatic heterocycles. The SMILES string of the molecule is CCCNC(=O)Nc1nc2c(s1)CC(C(=O)OCC)CC2. The Morgan fingerprint density at radius 1 is 1.43 bits per heavy atom. The minimum Gasteiger partial charge on any atom is -0.466 e. The summed E-state index contributed by atoms with van der Waals surface area (Å²) >= 11 is 1.45. The molecule has 6 nitrogen and oxygen atoms in total. The molecule has 0 aliphatic heterocycles. The molecule has 1 heterocycles. The Kier molecular flexibility index (Phi) is 5.55. The highest BCUT2D eigenvalue weighted by Gasteiger charge is 2.28. The van der Waals surface area contributed by atoms with Crippen LogP contribution < -0.4 is 10.6 Å². The smallest absolute Gasteiger partial charge is 0.321 e. The zero-order valence-electron chi connectivity index (χ0n) is 12.4. The number of nitrogens with one attached hydrogen (secondary N) is 2. The van der Waals surface area contributed by atoms with Gasteiger partial charge in [-0.3, -0.25) is 10.1 Å². The van der Waals surface area contributed by atoms with Gasteiger partial charge in [-0.25, -0.2) is 9.78 Å². The van der Waals surface area contributed by atoms with Crippen LogP contribution in [0, 0.1) is 5.92 Å². The number of amides is 2. The molecule has 0 aromatic carbocycles. The minimum atomic E-state index is -0.232. The van der Waals surface area contributed by atoms with Gasteiger partial charge in [-0.2, -0.15) is 0 Å². The van der Waals surface area contributed by atoms with Gasteiger partial charge in [0.2, 0.25) is 0 Å². The van der Waals surface area contributed by atoms with Crippen LogP contribution in [0.5, 0.6) is 0 Å². The van der Waals surface area contributed by atoms with Crippen LogP contribution in [0.2, 0.25) is 0 Å². The van der Waals surface area contributed by atoms with Crippen molar-refractivity contribution >= 4 is 28.5 Å². The number of anilines is 1. The Morgan fingerprint density at radius 3 is 2.95 bits per heavy atom. The van der Waals surface area contributed by atoms with Crippen LogP contribution in [-0.2, 0) is 22.4 Å². The van der Waals surface area contributed by atoms with Crippen LogP contribution >= 0.6 is 11.3 Å². The molecule has 1 aromatic rings. The van der Waals surface area contributed by atoms with Gasteiger partial charge in [-0.05, 0) is 32.6 Å². The lowest BCUT2D eigenvalue weighted by Crippen LogP contribution is -2.29. The average molecular weight is 311 g/mol. The Morgan fingerprint density at radius 2 is 2.24 bits per heavy atom. The van der Waals surface area contributed by atoms with Gasteiger partial charge in [0, 0.05) is 11.4 Å². The molecule has 0 bridgehead atoms. The molecule has 2 N–H and O–H groups in total. The van der Waals surface area contributed by atoms with Crippen molar-refractivity contribution in [2.75, 3.05) is 18.5 Å². The molecular formula is C14H21N3O3S. The summed E-state index contributed by atoms with van der Waals surface area (Å²) in [4.78, 5) is 28.9. The number of aromatic nitrogens is 1. The van der Waals surface area contributed by atoms with Gasteiger partial charge in [0.15, 0.2) is 5.13 Å². The number of ether oxygens (including phenoxy) is 1. The molecular weight excluding hydrogens is 290 g/mol. The third kappa shape index (κ3) is 4.17. The monoisotopic (exact) mass is 311 g/mol. The maximum Gasteiger partial charge on any atom is 0.321 e.